The van der Waals surface area contributed by atoms with E-state index >= 15 is 0 Å². The molecule has 0 aromatic heterocycles. The number of hydrogen-bond acceptors (Lipinski definition) is 4. The van der Waals surface area contributed by atoms with E-state index in [1.165, 1.54) is 19.2 Å². The van der Waals surface area contributed by atoms with Gasteiger partial charge < -0.3 is 15.2 Å². The molecule has 3 rings (SSSR count). The second-order valence-electron chi connectivity index (χ2n) is 6.27. The minimum absolute atomic E-state index is 0.0510. The molecule has 0 unspecified atom stereocenters. The van der Waals surface area contributed by atoms with Gasteiger partial charge in [-0.1, -0.05) is 36.4 Å². The highest BCUT2D eigenvalue weighted by atomic mass is 19.4. The number of anilines is 1. The predicted octanol–water partition coefficient (Wildman–Crippen LogP) is 5.32. The first-order valence-electron chi connectivity index (χ1n) is 8.66. The first kappa shape index (κ1) is 20.3. The molecule has 0 aliphatic rings. The van der Waals surface area contributed by atoms with E-state index in [0.29, 0.717) is 11.3 Å². The Morgan fingerprint density at radius 1 is 1.00 bits per heavy atom. The summed E-state index contributed by atoms with van der Waals surface area (Å²) >= 11 is 0. The van der Waals surface area contributed by atoms with Gasteiger partial charge >= 0.3 is 12.1 Å². The van der Waals surface area contributed by atoms with Crippen LogP contribution in [0.3, 0.4) is 0 Å². The number of nitrogen functional groups attached to an aromatic ring is 1. The van der Waals surface area contributed by atoms with Gasteiger partial charge in [-0.25, -0.2) is 4.79 Å². The summed E-state index contributed by atoms with van der Waals surface area (Å²) in [6.45, 7) is 0.0510. The quantitative estimate of drug-likeness (QED) is 0.464. The van der Waals surface area contributed by atoms with E-state index in [4.69, 9.17) is 15.2 Å². The van der Waals surface area contributed by atoms with Crippen LogP contribution in [0.4, 0.5) is 18.9 Å². The standard InChI is InChI=1S/C22H18F3NO3/c1-28-21(27)19-11-14(9-10-20(19)26)18-8-3-2-5-15(18)13-29-17-7-4-6-16(12-17)22(23,24)25/h2-12H,13,26H2,1H3. The van der Waals surface area contributed by atoms with Gasteiger partial charge in [0.25, 0.3) is 0 Å². The lowest BCUT2D eigenvalue weighted by molar-refractivity contribution is -0.137. The fourth-order valence-electron chi connectivity index (χ4n) is 2.86. The molecule has 0 amide bonds. The highest BCUT2D eigenvalue weighted by Gasteiger charge is 2.30. The molecule has 0 atom stereocenters. The number of ether oxygens (including phenoxy) is 2. The van der Waals surface area contributed by atoms with Crippen LogP contribution in [0.1, 0.15) is 21.5 Å². The summed E-state index contributed by atoms with van der Waals surface area (Å²) in [5, 5.41) is 0. The van der Waals surface area contributed by atoms with Gasteiger partial charge in [0, 0.05) is 5.69 Å². The predicted molar refractivity (Wildman–Crippen MR) is 103 cm³/mol. The van der Waals surface area contributed by atoms with Crippen LogP contribution in [0.25, 0.3) is 11.1 Å². The maximum atomic E-state index is 12.9. The monoisotopic (exact) mass is 401 g/mol. The first-order valence-corrected chi connectivity index (χ1v) is 8.66. The average molecular weight is 401 g/mol. The summed E-state index contributed by atoms with van der Waals surface area (Å²) in [5.74, 6) is -0.441. The topological polar surface area (TPSA) is 61.5 Å². The lowest BCUT2D eigenvalue weighted by Crippen LogP contribution is -2.06. The Morgan fingerprint density at radius 3 is 2.48 bits per heavy atom. The van der Waals surface area contributed by atoms with Crippen molar-refractivity contribution >= 4 is 11.7 Å². The van der Waals surface area contributed by atoms with Crippen molar-refractivity contribution in [2.24, 2.45) is 0 Å². The van der Waals surface area contributed by atoms with E-state index in [9.17, 15) is 18.0 Å². The van der Waals surface area contributed by atoms with Gasteiger partial charge in [-0.15, -0.1) is 0 Å². The van der Waals surface area contributed by atoms with Gasteiger partial charge in [-0.3, -0.25) is 0 Å². The molecule has 0 aliphatic carbocycles. The van der Waals surface area contributed by atoms with Crippen LogP contribution < -0.4 is 10.5 Å². The Hall–Kier alpha value is -3.48. The molecule has 0 spiro atoms. The van der Waals surface area contributed by atoms with Gasteiger partial charge in [0.2, 0.25) is 0 Å². The molecule has 0 heterocycles. The summed E-state index contributed by atoms with van der Waals surface area (Å²) in [7, 11) is 1.27. The van der Waals surface area contributed by atoms with E-state index in [1.54, 1.807) is 30.3 Å². The highest BCUT2D eigenvalue weighted by Crippen LogP contribution is 2.32. The fourth-order valence-corrected chi connectivity index (χ4v) is 2.86. The molecular formula is C22H18F3NO3. The lowest BCUT2D eigenvalue weighted by Gasteiger charge is -2.14. The van der Waals surface area contributed by atoms with Crippen molar-refractivity contribution in [3.05, 3.63) is 83.4 Å². The normalized spacial score (nSPS) is 11.2. The summed E-state index contributed by atoms with van der Waals surface area (Å²) in [5.41, 5.74) is 7.82. The number of benzene rings is 3. The molecule has 29 heavy (non-hydrogen) atoms. The Balaban J connectivity index is 1.88. The number of nitrogens with two attached hydrogens (primary N) is 1. The number of carbonyl (C=O) groups is 1. The molecule has 0 fully saturated rings. The third-order valence-corrected chi connectivity index (χ3v) is 4.34. The second kappa shape index (κ2) is 8.26. The van der Waals surface area contributed by atoms with Gasteiger partial charge in [0.15, 0.2) is 0 Å². The number of rotatable bonds is 5. The number of hydrogen-bond donors (Lipinski definition) is 1. The third kappa shape index (κ3) is 4.68. The molecule has 150 valence electrons. The lowest BCUT2D eigenvalue weighted by atomic mass is 9.97. The van der Waals surface area contributed by atoms with Crippen LogP contribution in [0.15, 0.2) is 66.7 Å². The van der Waals surface area contributed by atoms with Crippen LogP contribution in [0, 0.1) is 0 Å². The smallest absolute Gasteiger partial charge is 0.416 e. The van der Waals surface area contributed by atoms with Crippen LogP contribution in [-0.4, -0.2) is 13.1 Å². The molecule has 4 nitrogen and oxygen atoms in total. The zero-order valence-corrected chi connectivity index (χ0v) is 15.5. The van der Waals surface area contributed by atoms with E-state index in [1.807, 2.05) is 12.1 Å². The van der Waals surface area contributed by atoms with Gasteiger partial charge in [0.05, 0.1) is 18.2 Å². The zero-order valence-electron chi connectivity index (χ0n) is 15.5. The Labute approximate surface area is 165 Å². The number of halogens is 3. The summed E-state index contributed by atoms with van der Waals surface area (Å²) in [6.07, 6.45) is -4.44. The number of esters is 1. The SMILES string of the molecule is COC(=O)c1cc(-c2ccccc2COc2cccc(C(F)(F)F)c2)ccc1N. The molecule has 3 aromatic carbocycles. The molecular weight excluding hydrogens is 383 g/mol. The fraction of sp³-hybridized carbons (Fsp3) is 0.136. The Morgan fingerprint density at radius 2 is 1.76 bits per heavy atom. The molecule has 0 saturated carbocycles. The van der Waals surface area contributed by atoms with Crippen LogP contribution in [0.2, 0.25) is 0 Å². The van der Waals surface area contributed by atoms with E-state index < -0.39 is 17.7 Å². The molecule has 0 bridgehead atoms. The van der Waals surface area contributed by atoms with Crippen molar-refractivity contribution in [1.29, 1.82) is 0 Å². The first-order chi connectivity index (χ1) is 13.8. The number of carbonyl (C=O) groups excluding carboxylic acids is 1. The van der Waals surface area contributed by atoms with Crippen LogP contribution >= 0.6 is 0 Å². The minimum Gasteiger partial charge on any atom is -0.489 e. The summed E-state index contributed by atoms with van der Waals surface area (Å²) in [4.78, 5) is 11.9. The molecule has 0 aliphatic heterocycles. The van der Waals surface area contributed by atoms with Crippen molar-refractivity contribution in [1.82, 2.24) is 0 Å². The molecule has 3 aromatic rings. The minimum atomic E-state index is -4.44. The van der Waals surface area contributed by atoms with Crippen molar-refractivity contribution < 1.29 is 27.4 Å². The van der Waals surface area contributed by atoms with Crippen molar-refractivity contribution in [3.8, 4) is 16.9 Å². The van der Waals surface area contributed by atoms with Crippen LogP contribution in [-0.2, 0) is 17.5 Å². The molecule has 2 N–H and O–H groups in total. The van der Waals surface area contributed by atoms with E-state index in [0.717, 1.165) is 23.3 Å². The summed E-state index contributed by atoms with van der Waals surface area (Å²) < 4.78 is 49.0. The van der Waals surface area contributed by atoms with E-state index in [-0.39, 0.29) is 17.9 Å². The van der Waals surface area contributed by atoms with Gasteiger partial charge in [-0.2, -0.15) is 13.2 Å². The third-order valence-electron chi connectivity index (χ3n) is 4.34. The second-order valence-corrected chi connectivity index (χ2v) is 6.27. The zero-order chi connectivity index (χ0) is 21.0. The highest BCUT2D eigenvalue weighted by molar-refractivity contribution is 5.96. The van der Waals surface area contributed by atoms with Crippen molar-refractivity contribution in [2.75, 3.05) is 12.8 Å². The Kier molecular flexibility index (Phi) is 5.77. The molecule has 0 saturated heterocycles. The van der Waals surface area contributed by atoms with Crippen LogP contribution in [0.5, 0.6) is 5.75 Å². The largest absolute Gasteiger partial charge is 0.489 e. The van der Waals surface area contributed by atoms with Gasteiger partial charge in [-0.05, 0) is 47.0 Å². The number of alkyl halides is 3. The van der Waals surface area contributed by atoms with Crippen molar-refractivity contribution in [3.63, 3.8) is 0 Å². The van der Waals surface area contributed by atoms with Crippen molar-refractivity contribution in [2.45, 2.75) is 12.8 Å². The Bertz CT molecular complexity index is 1030. The maximum absolute atomic E-state index is 12.9. The average Bonchev–Trinajstić information content (AvgIpc) is 2.72. The van der Waals surface area contributed by atoms with Gasteiger partial charge in [0.1, 0.15) is 12.4 Å². The maximum Gasteiger partial charge on any atom is 0.416 e. The number of methoxy groups -OCH3 is 1. The summed E-state index contributed by atoms with van der Waals surface area (Å²) in [6, 6.07) is 16.9. The van der Waals surface area contributed by atoms with E-state index in [2.05, 4.69) is 0 Å². The molecule has 0 radical (unpaired) electrons. The molecule has 7 heteroatoms.